The molecule has 1 spiro atoms. The van der Waals surface area contributed by atoms with E-state index in [4.69, 9.17) is 9.72 Å². The average molecular weight is 592 g/mol. The first-order valence-corrected chi connectivity index (χ1v) is 15.5. The van der Waals surface area contributed by atoms with Crippen molar-refractivity contribution in [1.82, 2.24) is 9.97 Å². The molecule has 2 amide bonds. The van der Waals surface area contributed by atoms with E-state index in [1.54, 1.807) is 0 Å². The summed E-state index contributed by atoms with van der Waals surface area (Å²) in [5.41, 5.74) is -0.0471. The summed E-state index contributed by atoms with van der Waals surface area (Å²) in [5.74, 6) is -2.99. The van der Waals surface area contributed by atoms with E-state index >= 15 is 0 Å². The Morgan fingerprint density at radius 3 is 2.49 bits per heavy atom. The summed E-state index contributed by atoms with van der Waals surface area (Å²) < 4.78 is 58.9. The second-order valence-electron chi connectivity index (χ2n) is 12.3. The van der Waals surface area contributed by atoms with Gasteiger partial charge in [0.2, 0.25) is 5.92 Å². The number of rotatable bonds is 6. The molecule has 2 aromatic rings. The van der Waals surface area contributed by atoms with Crippen LogP contribution in [0.5, 0.6) is 0 Å². The maximum Gasteiger partial charge on any atom is 0.416 e. The van der Waals surface area contributed by atoms with Gasteiger partial charge in [0.05, 0.1) is 21.9 Å². The first kappa shape index (κ1) is 27.8. The molecule has 2 aliphatic carbocycles. The highest BCUT2D eigenvalue weighted by Crippen LogP contribution is 2.54. The molecule has 1 N–H and O–H groups in total. The van der Waals surface area contributed by atoms with Crippen LogP contribution in [0.15, 0.2) is 35.4 Å². The largest absolute Gasteiger partial charge is 0.447 e. The number of aromatic nitrogens is 2. The standard InChI is InChI=1S/C28H33F2N5O5S.H2/c1-26(2)17-40-25(37)35(26)21-16-31-22(23(33-21)34-12-10-27(8-9-27)11-13-34)24(36)32-18-4-3-5-19(14-18)41(38,39)20-6-7-28(29,30)15-20;/h3-5,14,16,20H,6-13,15,17H2,1-2H3,(H,32,36);1H. The van der Waals surface area contributed by atoms with Gasteiger partial charge in [-0.3, -0.25) is 9.69 Å². The van der Waals surface area contributed by atoms with Gasteiger partial charge in [-0.2, -0.15) is 0 Å². The zero-order valence-electron chi connectivity index (χ0n) is 23.0. The smallest absolute Gasteiger partial charge is 0.416 e. The lowest BCUT2D eigenvalue weighted by Crippen LogP contribution is -2.43. The monoisotopic (exact) mass is 591 g/mol. The van der Waals surface area contributed by atoms with Crippen molar-refractivity contribution in [1.29, 1.82) is 0 Å². The number of cyclic esters (lactones) is 1. The normalized spacial score (nSPS) is 24.4. The molecule has 0 bridgehead atoms. The highest BCUT2D eigenvalue weighted by molar-refractivity contribution is 7.92. The van der Waals surface area contributed by atoms with Crippen LogP contribution in [0, 0.1) is 5.41 Å². The van der Waals surface area contributed by atoms with Crippen LogP contribution in [-0.4, -0.2) is 66.8 Å². The molecule has 2 saturated carbocycles. The number of nitrogens with one attached hydrogen (secondary N) is 1. The van der Waals surface area contributed by atoms with Crippen molar-refractivity contribution >= 4 is 39.2 Å². The third-order valence-electron chi connectivity index (χ3n) is 8.82. The molecule has 0 radical (unpaired) electrons. The number of carbonyl (C=O) groups is 2. The average Bonchev–Trinajstić information content (AvgIpc) is 3.47. The predicted molar refractivity (Wildman–Crippen MR) is 149 cm³/mol. The molecular formula is C28H35F2N5O5S. The van der Waals surface area contributed by atoms with Crippen LogP contribution in [0.1, 0.15) is 70.7 Å². The fourth-order valence-electron chi connectivity index (χ4n) is 6.05. The summed E-state index contributed by atoms with van der Waals surface area (Å²) in [6.07, 6.45) is 3.87. The van der Waals surface area contributed by atoms with Crippen LogP contribution in [-0.2, 0) is 14.6 Å². The number of halogens is 2. The zero-order valence-corrected chi connectivity index (χ0v) is 23.8. The molecule has 1 atom stereocenters. The Morgan fingerprint density at radius 2 is 1.88 bits per heavy atom. The van der Waals surface area contributed by atoms with Crippen molar-refractivity contribution in [2.45, 2.75) is 80.4 Å². The quantitative estimate of drug-likeness (QED) is 0.495. The molecular weight excluding hydrogens is 556 g/mol. The first-order valence-electron chi connectivity index (χ1n) is 13.9. The summed E-state index contributed by atoms with van der Waals surface area (Å²) >= 11 is 0. The topological polar surface area (TPSA) is 122 Å². The maximum absolute atomic E-state index is 13.7. The van der Waals surface area contributed by atoms with Gasteiger partial charge in [-0.25, -0.2) is 32.0 Å². The summed E-state index contributed by atoms with van der Waals surface area (Å²) in [5, 5.41) is 1.54. The maximum atomic E-state index is 13.7. The van der Waals surface area contributed by atoms with Gasteiger partial charge in [-0.1, -0.05) is 6.07 Å². The van der Waals surface area contributed by atoms with Crippen LogP contribution in [0.4, 0.5) is 30.9 Å². The number of hydrogen-bond acceptors (Lipinski definition) is 8. The molecule has 4 aliphatic rings. The van der Waals surface area contributed by atoms with Crippen molar-refractivity contribution in [2.75, 3.05) is 34.8 Å². The van der Waals surface area contributed by atoms with E-state index in [0.29, 0.717) is 24.3 Å². The molecule has 1 aromatic carbocycles. The Kier molecular flexibility index (Phi) is 6.51. The molecule has 2 aliphatic heterocycles. The SMILES string of the molecule is CC1(C)COC(=O)N1c1cnc(C(=O)Nc2cccc(S(=O)(=O)C3CCC(F)(F)C3)c2)c(N2CCC3(CC2)CC3)n1.[HH]. The van der Waals surface area contributed by atoms with Crippen LogP contribution in [0.25, 0.3) is 0 Å². The van der Waals surface area contributed by atoms with Gasteiger partial charge in [-0.05, 0) is 69.6 Å². The fraction of sp³-hybridized carbons (Fsp3) is 0.571. The fourth-order valence-corrected chi connectivity index (χ4v) is 7.89. The minimum Gasteiger partial charge on any atom is -0.447 e. The van der Waals surface area contributed by atoms with Crippen LogP contribution in [0.3, 0.4) is 0 Å². The minimum absolute atomic E-state index is 0. The third kappa shape index (κ3) is 5.24. The Bertz CT molecular complexity index is 1510. The van der Waals surface area contributed by atoms with Gasteiger partial charge in [0.25, 0.3) is 5.91 Å². The number of ether oxygens (including phenoxy) is 1. The predicted octanol–water partition coefficient (Wildman–Crippen LogP) is 5.05. The molecule has 1 aromatic heterocycles. The molecule has 4 fully saturated rings. The number of alkyl halides is 2. The van der Waals surface area contributed by atoms with E-state index in [2.05, 4.69) is 10.3 Å². The van der Waals surface area contributed by atoms with Crippen molar-refractivity contribution in [3.63, 3.8) is 0 Å². The lowest BCUT2D eigenvalue weighted by Gasteiger charge is -2.34. The summed E-state index contributed by atoms with van der Waals surface area (Å²) in [6.45, 7) is 5.27. The Morgan fingerprint density at radius 1 is 1.15 bits per heavy atom. The van der Waals surface area contributed by atoms with E-state index in [-0.39, 0.29) is 36.5 Å². The van der Waals surface area contributed by atoms with Gasteiger partial charge in [-0.15, -0.1) is 0 Å². The molecule has 41 heavy (non-hydrogen) atoms. The minimum atomic E-state index is -4.01. The van der Waals surface area contributed by atoms with Crippen LogP contribution < -0.4 is 15.1 Å². The molecule has 2 saturated heterocycles. The number of sulfone groups is 1. The summed E-state index contributed by atoms with van der Waals surface area (Å²) in [6, 6.07) is 5.62. The van der Waals surface area contributed by atoms with E-state index in [1.807, 2.05) is 18.7 Å². The van der Waals surface area contributed by atoms with Crippen LogP contribution >= 0.6 is 0 Å². The van der Waals surface area contributed by atoms with E-state index in [1.165, 1.54) is 48.2 Å². The molecule has 3 heterocycles. The highest BCUT2D eigenvalue weighted by atomic mass is 32.2. The number of amides is 2. The second kappa shape index (κ2) is 9.60. The number of benzene rings is 1. The number of carbonyl (C=O) groups excluding carboxylic acids is 2. The number of piperidine rings is 1. The lowest BCUT2D eigenvalue weighted by atomic mass is 9.93. The van der Waals surface area contributed by atoms with Gasteiger partial charge < -0.3 is 15.0 Å². The van der Waals surface area contributed by atoms with Crippen molar-refractivity contribution < 1.29 is 33.0 Å². The van der Waals surface area contributed by atoms with E-state index in [0.717, 1.165) is 12.8 Å². The van der Waals surface area contributed by atoms with Gasteiger partial charge in [0, 0.05) is 33.0 Å². The van der Waals surface area contributed by atoms with Crippen molar-refractivity contribution in [3.05, 3.63) is 36.2 Å². The number of hydrogen-bond donors (Lipinski definition) is 1. The highest BCUT2D eigenvalue weighted by Gasteiger charge is 2.47. The molecule has 13 heteroatoms. The third-order valence-corrected chi connectivity index (χ3v) is 11.0. The summed E-state index contributed by atoms with van der Waals surface area (Å²) in [7, 11) is -4.01. The van der Waals surface area contributed by atoms with Gasteiger partial charge >= 0.3 is 6.09 Å². The Hall–Kier alpha value is -3.35. The second-order valence-corrected chi connectivity index (χ2v) is 14.6. The first-order chi connectivity index (χ1) is 19.3. The molecule has 1 unspecified atom stereocenters. The lowest BCUT2D eigenvalue weighted by molar-refractivity contribution is 0.00954. The number of nitrogens with zero attached hydrogens (tertiary/aromatic N) is 4. The van der Waals surface area contributed by atoms with E-state index in [9.17, 15) is 26.8 Å². The zero-order chi connectivity index (χ0) is 29.2. The molecule has 222 valence electrons. The molecule has 6 rings (SSSR count). The number of anilines is 3. The Labute approximate surface area is 238 Å². The van der Waals surface area contributed by atoms with Gasteiger partial charge in [0.1, 0.15) is 6.61 Å². The summed E-state index contributed by atoms with van der Waals surface area (Å²) in [4.78, 5) is 38.6. The van der Waals surface area contributed by atoms with Crippen molar-refractivity contribution in [2.24, 2.45) is 5.41 Å². The van der Waals surface area contributed by atoms with Crippen LogP contribution in [0.2, 0.25) is 0 Å². The van der Waals surface area contributed by atoms with Crippen molar-refractivity contribution in [3.8, 4) is 0 Å². The Balaban J connectivity index is 0.00000353. The van der Waals surface area contributed by atoms with Gasteiger partial charge in [0.15, 0.2) is 27.2 Å². The van der Waals surface area contributed by atoms with E-state index < -0.39 is 51.4 Å². The molecule has 10 nitrogen and oxygen atoms in total.